The Morgan fingerprint density at radius 1 is 0.233 bits per heavy atom. The molecule has 1 heterocycles. The van der Waals surface area contributed by atoms with Crippen LogP contribution in [-0.4, -0.2) is 9.97 Å². The highest BCUT2D eigenvalue weighted by Gasteiger charge is 2.22. The zero-order valence-corrected chi connectivity index (χ0v) is 32.7. The van der Waals surface area contributed by atoms with Gasteiger partial charge in [-0.3, -0.25) is 0 Å². The predicted octanol–water partition coefficient (Wildman–Crippen LogP) is 15.6. The third kappa shape index (κ3) is 5.73. The van der Waals surface area contributed by atoms with Crippen molar-refractivity contribution in [2.45, 2.75) is 0 Å². The Balaban J connectivity index is 0.909. The Morgan fingerprint density at radius 2 is 0.767 bits per heavy atom. The van der Waals surface area contributed by atoms with Gasteiger partial charge in [0.05, 0.1) is 11.4 Å². The number of benzene rings is 10. The van der Waals surface area contributed by atoms with E-state index in [4.69, 9.17) is 9.97 Å². The third-order valence-corrected chi connectivity index (χ3v) is 12.2. The zero-order chi connectivity index (χ0) is 39.6. The molecule has 278 valence electrons. The van der Waals surface area contributed by atoms with Crippen molar-refractivity contribution in [3.63, 3.8) is 0 Å². The molecule has 0 spiro atoms. The number of rotatable bonds is 6. The Morgan fingerprint density at radius 3 is 1.55 bits per heavy atom. The molecule has 1 aromatic heterocycles. The van der Waals surface area contributed by atoms with E-state index in [1.807, 2.05) is 6.07 Å². The van der Waals surface area contributed by atoms with Crippen LogP contribution in [0.1, 0.15) is 0 Å². The molecular weight excluding hydrogens is 725 g/mol. The summed E-state index contributed by atoms with van der Waals surface area (Å²) >= 11 is 0. The predicted molar refractivity (Wildman–Crippen MR) is 252 cm³/mol. The number of aromatic nitrogens is 2. The fourth-order valence-corrected chi connectivity index (χ4v) is 9.25. The molecule has 0 unspecified atom stereocenters. The van der Waals surface area contributed by atoms with Gasteiger partial charge in [0.2, 0.25) is 0 Å². The van der Waals surface area contributed by atoms with Crippen molar-refractivity contribution in [2.24, 2.45) is 0 Å². The van der Waals surface area contributed by atoms with E-state index >= 15 is 0 Å². The number of hydrogen-bond donors (Lipinski definition) is 0. The fraction of sp³-hybridized carbons (Fsp3) is 0. The normalized spacial score (nSPS) is 11.7. The number of nitrogens with zero attached hydrogens (tertiary/aromatic N) is 2. The largest absolute Gasteiger partial charge is 0.228 e. The molecule has 0 bridgehead atoms. The second kappa shape index (κ2) is 13.9. The summed E-state index contributed by atoms with van der Waals surface area (Å²) in [5.41, 5.74) is 17.4. The molecule has 0 aliphatic heterocycles. The average Bonchev–Trinajstić information content (AvgIpc) is 3.66. The van der Waals surface area contributed by atoms with Crippen LogP contribution in [0.25, 0.3) is 122 Å². The van der Waals surface area contributed by atoms with Gasteiger partial charge in [-0.15, -0.1) is 0 Å². The van der Waals surface area contributed by atoms with Gasteiger partial charge < -0.3 is 0 Å². The van der Waals surface area contributed by atoms with Crippen LogP contribution in [0.4, 0.5) is 0 Å². The van der Waals surface area contributed by atoms with Crippen molar-refractivity contribution in [3.05, 3.63) is 218 Å². The molecule has 60 heavy (non-hydrogen) atoms. The van der Waals surface area contributed by atoms with Gasteiger partial charge in [-0.1, -0.05) is 194 Å². The van der Waals surface area contributed by atoms with Crippen LogP contribution in [-0.2, 0) is 0 Å². The Kier molecular flexibility index (Phi) is 7.89. The molecule has 0 saturated heterocycles. The van der Waals surface area contributed by atoms with Gasteiger partial charge in [0.25, 0.3) is 0 Å². The first-order valence-corrected chi connectivity index (χ1v) is 20.6. The SMILES string of the molecule is c1ccc(-c2cc(-c3ccc4ccccc4c3)nc(-c3ccc(-c4cc(-c5ccc(-c6ccc7c8c(cccc68)-c6ccccc6-7)cc5)cc5ccccc45)cc3)n2)cc1. The van der Waals surface area contributed by atoms with E-state index in [0.29, 0.717) is 5.82 Å². The van der Waals surface area contributed by atoms with Gasteiger partial charge in [0.1, 0.15) is 0 Å². The lowest BCUT2D eigenvalue weighted by molar-refractivity contribution is 1.18. The highest BCUT2D eigenvalue weighted by Crippen LogP contribution is 2.49. The van der Waals surface area contributed by atoms with Crippen molar-refractivity contribution < 1.29 is 0 Å². The number of hydrogen-bond acceptors (Lipinski definition) is 2. The van der Waals surface area contributed by atoms with E-state index in [1.54, 1.807) is 0 Å². The topological polar surface area (TPSA) is 25.8 Å². The van der Waals surface area contributed by atoms with E-state index in [0.717, 1.165) is 33.6 Å². The van der Waals surface area contributed by atoms with Crippen LogP contribution in [0, 0.1) is 0 Å². The van der Waals surface area contributed by atoms with E-state index in [9.17, 15) is 0 Å². The lowest BCUT2D eigenvalue weighted by atomic mass is 9.91. The molecule has 0 saturated carbocycles. The molecule has 12 rings (SSSR count). The Bertz CT molecular complexity index is 3430. The first-order valence-electron chi connectivity index (χ1n) is 20.6. The van der Waals surface area contributed by atoms with Gasteiger partial charge in [-0.05, 0) is 112 Å². The summed E-state index contributed by atoms with van der Waals surface area (Å²) in [6.45, 7) is 0. The summed E-state index contributed by atoms with van der Waals surface area (Å²) in [6.07, 6.45) is 0. The van der Waals surface area contributed by atoms with Crippen LogP contribution < -0.4 is 0 Å². The van der Waals surface area contributed by atoms with Crippen molar-refractivity contribution in [2.75, 3.05) is 0 Å². The molecule has 0 fully saturated rings. The summed E-state index contributed by atoms with van der Waals surface area (Å²) in [7, 11) is 0. The van der Waals surface area contributed by atoms with Crippen LogP contribution in [0.15, 0.2) is 218 Å². The van der Waals surface area contributed by atoms with Gasteiger partial charge in [-0.2, -0.15) is 0 Å². The minimum atomic E-state index is 0.703. The average molecular weight is 761 g/mol. The second-order valence-corrected chi connectivity index (χ2v) is 15.7. The van der Waals surface area contributed by atoms with E-state index in [1.165, 1.54) is 82.4 Å². The van der Waals surface area contributed by atoms with Crippen molar-refractivity contribution in [1.82, 2.24) is 9.97 Å². The minimum Gasteiger partial charge on any atom is -0.228 e. The fourth-order valence-electron chi connectivity index (χ4n) is 9.25. The highest BCUT2D eigenvalue weighted by molar-refractivity contribution is 6.18. The molecule has 2 nitrogen and oxygen atoms in total. The smallest absolute Gasteiger partial charge is 0.160 e. The molecule has 10 aromatic carbocycles. The third-order valence-electron chi connectivity index (χ3n) is 12.2. The van der Waals surface area contributed by atoms with E-state index in [2.05, 4.69) is 212 Å². The summed E-state index contributed by atoms with van der Waals surface area (Å²) < 4.78 is 0. The summed E-state index contributed by atoms with van der Waals surface area (Å²) in [6, 6.07) is 78.8. The maximum Gasteiger partial charge on any atom is 0.160 e. The summed E-state index contributed by atoms with van der Waals surface area (Å²) in [5, 5.41) is 7.49. The summed E-state index contributed by atoms with van der Waals surface area (Å²) in [5.74, 6) is 0.703. The molecule has 1 aliphatic rings. The van der Waals surface area contributed by atoms with Gasteiger partial charge in [-0.25, -0.2) is 9.97 Å². The standard InChI is InChI=1S/C58H36N2/c1-2-12-41(13-3-1)55-36-56(45-30-23-37-11-4-5-14-43(37)33-45)60-58(59-55)42-28-26-40(27-29-42)54-35-46(34-44-15-6-7-16-47(44)54)38-21-24-39(25-22-38)48-31-32-53-50-18-9-8-17-49(50)52-20-10-19-51(48)57(52)53/h1-36H. The van der Waals surface area contributed by atoms with Crippen LogP contribution in [0.5, 0.6) is 0 Å². The maximum atomic E-state index is 5.17. The Labute approximate surface area is 348 Å². The van der Waals surface area contributed by atoms with E-state index in [-0.39, 0.29) is 0 Å². The molecule has 0 amide bonds. The van der Waals surface area contributed by atoms with Gasteiger partial charge in [0.15, 0.2) is 5.82 Å². The van der Waals surface area contributed by atoms with Gasteiger partial charge >= 0.3 is 0 Å². The van der Waals surface area contributed by atoms with Crippen molar-refractivity contribution in [1.29, 1.82) is 0 Å². The van der Waals surface area contributed by atoms with E-state index < -0.39 is 0 Å². The lowest BCUT2D eigenvalue weighted by Gasteiger charge is -2.14. The van der Waals surface area contributed by atoms with Crippen LogP contribution in [0.2, 0.25) is 0 Å². The second-order valence-electron chi connectivity index (χ2n) is 15.7. The highest BCUT2D eigenvalue weighted by atomic mass is 14.9. The lowest BCUT2D eigenvalue weighted by Crippen LogP contribution is -1.96. The van der Waals surface area contributed by atoms with Crippen LogP contribution in [0.3, 0.4) is 0 Å². The first kappa shape index (κ1) is 34.1. The zero-order valence-electron chi connectivity index (χ0n) is 32.7. The molecular formula is C58H36N2. The van der Waals surface area contributed by atoms with Gasteiger partial charge in [0, 0.05) is 16.7 Å². The minimum absolute atomic E-state index is 0.703. The molecule has 11 aromatic rings. The summed E-state index contributed by atoms with van der Waals surface area (Å²) in [4.78, 5) is 10.3. The monoisotopic (exact) mass is 760 g/mol. The number of fused-ring (bicyclic) bond motifs is 5. The molecule has 0 atom stereocenters. The molecule has 1 aliphatic carbocycles. The first-order chi connectivity index (χ1) is 29.7. The molecule has 0 N–H and O–H groups in total. The van der Waals surface area contributed by atoms with Crippen LogP contribution >= 0.6 is 0 Å². The maximum absolute atomic E-state index is 5.17. The van der Waals surface area contributed by atoms with Crippen molar-refractivity contribution >= 4 is 32.3 Å². The molecule has 2 heteroatoms. The Hall–Kier alpha value is -7.94. The molecule has 0 radical (unpaired) electrons. The van der Waals surface area contributed by atoms with Crippen molar-refractivity contribution in [3.8, 4) is 89.5 Å². The quantitative estimate of drug-likeness (QED) is 0.169.